The van der Waals surface area contributed by atoms with E-state index in [9.17, 15) is 18.0 Å². The smallest absolute Gasteiger partial charge is 0.283 e. The quantitative estimate of drug-likeness (QED) is 0.567. The molecule has 0 N–H and O–H groups in total. The third kappa shape index (κ3) is 5.01. The number of halogens is 4. The summed E-state index contributed by atoms with van der Waals surface area (Å²) in [4.78, 5) is 14.5. The number of allylic oxidation sites excluding steroid dienone is 1. The van der Waals surface area contributed by atoms with Crippen molar-refractivity contribution < 1.29 is 18.0 Å². The Morgan fingerprint density at radius 2 is 1.86 bits per heavy atom. The van der Waals surface area contributed by atoms with E-state index in [-0.39, 0.29) is 12.6 Å². The number of hydrogen-bond donors (Lipinski definition) is 0. The Morgan fingerprint density at radius 3 is 2.34 bits per heavy atom. The molecule has 0 saturated carbocycles. The van der Waals surface area contributed by atoms with Crippen molar-refractivity contribution in [1.82, 2.24) is 14.7 Å². The van der Waals surface area contributed by atoms with Gasteiger partial charge in [-0.2, -0.15) is 9.49 Å². The zero-order chi connectivity index (χ0) is 21.9. The van der Waals surface area contributed by atoms with Gasteiger partial charge in [-0.05, 0) is 38.3 Å². The van der Waals surface area contributed by atoms with E-state index in [1.165, 1.54) is 11.9 Å². The van der Waals surface area contributed by atoms with Crippen LogP contribution in [0.25, 0.3) is 5.57 Å². The third-order valence-corrected chi connectivity index (χ3v) is 5.18. The van der Waals surface area contributed by atoms with Gasteiger partial charge in [-0.15, -0.1) is 0 Å². The van der Waals surface area contributed by atoms with Crippen molar-refractivity contribution in [3.05, 3.63) is 57.6 Å². The zero-order valence-corrected chi connectivity index (χ0v) is 17.9. The second-order valence-corrected chi connectivity index (χ2v) is 7.61. The van der Waals surface area contributed by atoms with E-state index >= 15 is 0 Å². The normalized spacial score (nSPS) is 13.4. The number of carbonyl (C=O) groups is 1. The van der Waals surface area contributed by atoms with Crippen LogP contribution < -0.4 is 0 Å². The molecule has 0 fully saturated rings. The molecule has 0 saturated heterocycles. The van der Waals surface area contributed by atoms with Crippen molar-refractivity contribution in [2.75, 3.05) is 6.54 Å². The first-order chi connectivity index (χ1) is 13.6. The van der Waals surface area contributed by atoms with Crippen LogP contribution in [0.3, 0.4) is 0 Å². The fraction of sp³-hybridized carbons (Fsp3) is 0.429. The predicted molar refractivity (Wildman–Crippen MR) is 109 cm³/mol. The Labute approximate surface area is 174 Å². The minimum atomic E-state index is -3.06. The number of rotatable bonds is 7. The summed E-state index contributed by atoms with van der Waals surface area (Å²) in [7, 11) is 1.19. The highest BCUT2D eigenvalue weighted by molar-refractivity contribution is 6.32. The van der Waals surface area contributed by atoms with Gasteiger partial charge >= 0.3 is 0 Å². The van der Waals surface area contributed by atoms with Crippen LogP contribution >= 0.6 is 11.6 Å². The maximum atomic E-state index is 14.5. The lowest BCUT2D eigenvalue weighted by molar-refractivity contribution is 0.0698. The van der Waals surface area contributed by atoms with Gasteiger partial charge in [0.2, 0.25) is 5.95 Å². The van der Waals surface area contributed by atoms with Gasteiger partial charge in [0.25, 0.3) is 12.3 Å². The van der Waals surface area contributed by atoms with Gasteiger partial charge in [0.1, 0.15) is 11.3 Å². The van der Waals surface area contributed by atoms with Crippen LogP contribution in [0.2, 0.25) is 0 Å². The van der Waals surface area contributed by atoms with Crippen molar-refractivity contribution in [3.63, 3.8) is 0 Å². The van der Waals surface area contributed by atoms with Gasteiger partial charge in [0.05, 0.1) is 0 Å². The first-order valence-electron chi connectivity index (χ1n) is 9.32. The van der Waals surface area contributed by atoms with Crippen molar-refractivity contribution in [2.45, 2.75) is 46.6 Å². The topological polar surface area (TPSA) is 38.1 Å². The Morgan fingerprint density at radius 1 is 1.28 bits per heavy atom. The summed E-state index contributed by atoms with van der Waals surface area (Å²) in [5.41, 5.74) is 0.993. The van der Waals surface area contributed by atoms with E-state index in [4.69, 9.17) is 11.6 Å². The van der Waals surface area contributed by atoms with E-state index in [1.807, 2.05) is 38.1 Å². The average Bonchev–Trinajstić information content (AvgIpc) is 2.97. The number of aromatic nitrogens is 2. The fourth-order valence-corrected chi connectivity index (χ4v) is 3.16. The van der Waals surface area contributed by atoms with Gasteiger partial charge in [-0.25, -0.2) is 13.5 Å². The molecule has 1 unspecified atom stereocenters. The summed E-state index contributed by atoms with van der Waals surface area (Å²) >= 11 is 6.31. The molecule has 0 bridgehead atoms. The lowest BCUT2D eigenvalue weighted by Gasteiger charge is -2.30. The Bertz CT molecular complexity index is 903. The molecule has 4 nitrogen and oxygen atoms in total. The van der Waals surface area contributed by atoms with E-state index in [1.54, 1.807) is 13.8 Å². The molecule has 2 rings (SSSR count). The lowest BCUT2D eigenvalue weighted by atomic mass is 10.0. The maximum absolute atomic E-state index is 14.5. The van der Waals surface area contributed by atoms with Crippen LogP contribution in [-0.2, 0) is 7.05 Å². The highest BCUT2D eigenvalue weighted by atomic mass is 35.5. The van der Waals surface area contributed by atoms with Crippen molar-refractivity contribution in [3.8, 4) is 0 Å². The van der Waals surface area contributed by atoms with E-state index in [2.05, 4.69) is 5.10 Å². The van der Waals surface area contributed by atoms with Gasteiger partial charge in [-0.3, -0.25) is 4.79 Å². The minimum Gasteiger partial charge on any atom is -0.331 e. The third-order valence-electron chi connectivity index (χ3n) is 4.95. The number of nitrogens with zero attached hydrogens (tertiary/aromatic N) is 3. The summed E-state index contributed by atoms with van der Waals surface area (Å²) in [6.07, 6.45) is -2.51. The second-order valence-electron chi connectivity index (χ2n) is 7.04. The standard InChI is InChI=1S/C21H25ClF3N3O/c1-6-13(3)28(11-16(14(4)22)15-9-7-12(2)8-10-15)21(29)17-18(19(23)24)26-27(5)20(17)25/h7-10,13,19H,6,11H2,1-5H3/b16-14-. The van der Waals surface area contributed by atoms with Crippen LogP contribution in [-0.4, -0.2) is 33.2 Å². The Kier molecular flexibility index (Phi) is 7.52. The monoisotopic (exact) mass is 427 g/mol. The van der Waals surface area contributed by atoms with Crippen LogP contribution in [0.15, 0.2) is 29.3 Å². The average molecular weight is 428 g/mol. The van der Waals surface area contributed by atoms with Crippen molar-refractivity contribution >= 4 is 23.1 Å². The van der Waals surface area contributed by atoms with Crippen LogP contribution in [0.4, 0.5) is 13.2 Å². The van der Waals surface area contributed by atoms with Crippen LogP contribution in [0.5, 0.6) is 0 Å². The van der Waals surface area contributed by atoms with Crippen LogP contribution in [0.1, 0.15) is 60.8 Å². The molecule has 0 aliphatic heterocycles. The number of amides is 1. The summed E-state index contributed by atoms with van der Waals surface area (Å²) in [6, 6.07) is 7.26. The highest BCUT2D eigenvalue weighted by Crippen LogP contribution is 2.29. The molecule has 1 amide bonds. The molecule has 29 heavy (non-hydrogen) atoms. The molecule has 0 radical (unpaired) electrons. The molecule has 0 spiro atoms. The first-order valence-corrected chi connectivity index (χ1v) is 9.70. The lowest BCUT2D eigenvalue weighted by Crippen LogP contribution is -2.40. The van der Waals surface area contributed by atoms with Crippen molar-refractivity contribution in [2.24, 2.45) is 7.05 Å². The molecule has 158 valence electrons. The predicted octanol–water partition coefficient (Wildman–Crippen LogP) is 5.72. The number of carbonyl (C=O) groups excluding carboxylic acids is 1. The van der Waals surface area contributed by atoms with Crippen LogP contribution in [0, 0.1) is 12.9 Å². The molecule has 1 aromatic carbocycles. The molecular formula is C21H25ClF3N3O. The molecule has 1 aromatic heterocycles. The highest BCUT2D eigenvalue weighted by Gasteiger charge is 2.33. The first kappa shape index (κ1) is 23.0. The van der Waals surface area contributed by atoms with Gasteiger partial charge in [-0.1, -0.05) is 48.4 Å². The molecule has 0 aliphatic carbocycles. The Hall–Kier alpha value is -2.28. The maximum Gasteiger partial charge on any atom is 0.283 e. The molecule has 1 heterocycles. The van der Waals surface area contributed by atoms with Gasteiger partial charge < -0.3 is 4.90 Å². The summed E-state index contributed by atoms with van der Waals surface area (Å²) in [6.45, 7) is 7.35. The summed E-state index contributed by atoms with van der Waals surface area (Å²) in [5, 5.41) is 3.95. The summed E-state index contributed by atoms with van der Waals surface area (Å²) < 4.78 is 41.9. The fourth-order valence-electron chi connectivity index (χ4n) is 2.99. The molecular weight excluding hydrogens is 403 g/mol. The second kappa shape index (κ2) is 9.48. The number of alkyl halides is 2. The number of hydrogen-bond acceptors (Lipinski definition) is 2. The zero-order valence-electron chi connectivity index (χ0n) is 17.1. The number of aryl methyl sites for hydroxylation is 2. The largest absolute Gasteiger partial charge is 0.331 e. The van der Waals surface area contributed by atoms with E-state index < -0.39 is 29.5 Å². The molecule has 2 aromatic rings. The Balaban J connectivity index is 2.51. The SMILES string of the molecule is CCC(C)N(C/C(=C(\C)Cl)c1ccc(C)cc1)C(=O)c1c(C(F)F)nn(C)c1F. The molecule has 1 atom stereocenters. The molecule has 0 aliphatic rings. The minimum absolute atomic E-state index is 0.0588. The van der Waals surface area contributed by atoms with E-state index in [0.29, 0.717) is 21.7 Å². The van der Waals surface area contributed by atoms with Gasteiger partial charge in [0.15, 0.2) is 0 Å². The van der Waals surface area contributed by atoms with Gasteiger partial charge in [0, 0.05) is 24.7 Å². The molecule has 8 heteroatoms. The van der Waals surface area contributed by atoms with Crippen molar-refractivity contribution in [1.29, 1.82) is 0 Å². The number of benzene rings is 1. The van der Waals surface area contributed by atoms with E-state index in [0.717, 1.165) is 11.1 Å². The summed E-state index contributed by atoms with van der Waals surface area (Å²) in [5.74, 6) is -1.91.